The van der Waals surface area contributed by atoms with Gasteiger partial charge in [-0.3, -0.25) is 0 Å². The molecule has 2 heterocycles. The number of phenols is 1. The van der Waals surface area contributed by atoms with Crippen LogP contribution >= 0.6 is 23.8 Å². The molecule has 3 aliphatic rings. The van der Waals surface area contributed by atoms with Gasteiger partial charge in [-0.15, -0.1) is 0 Å². The second-order valence-corrected chi connectivity index (χ2v) is 10.1. The molecule has 0 unspecified atom stereocenters. The number of thiocarbonyl (C=S) groups is 1. The summed E-state index contributed by atoms with van der Waals surface area (Å²) >= 11 is 12.1. The van der Waals surface area contributed by atoms with Crippen molar-refractivity contribution in [2.75, 3.05) is 0 Å². The van der Waals surface area contributed by atoms with E-state index in [4.69, 9.17) is 28.6 Å². The van der Waals surface area contributed by atoms with Crippen molar-refractivity contribution in [1.29, 1.82) is 0 Å². The number of nitrogens with one attached hydrogen (secondary N) is 2. The molecule has 1 saturated heterocycles. The van der Waals surface area contributed by atoms with Gasteiger partial charge < -0.3 is 20.5 Å². The van der Waals surface area contributed by atoms with Gasteiger partial charge in [-0.1, -0.05) is 78.7 Å². The van der Waals surface area contributed by atoms with Gasteiger partial charge in [-0.05, 0) is 42.3 Å². The molecule has 4 nitrogen and oxygen atoms in total. The highest BCUT2D eigenvalue weighted by atomic mass is 35.5. The van der Waals surface area contributed by atoms with Crippen LogP contribution in [0.2, 0.25) is 5.02 Å². The van der Waals surface area contributed by atoms with Crippen molar-refractivity contribution in [2.24, 2.45) is 11.8 Å². The summed E-state index contributed by atoms with van der Waals surface area (Å²) in [6, 6.07) is 24.6. The third kappa shape index (κ3) is 3.29. The number of hydrogen-bond acceptors (Lipinski definition) is 3. The van der Waals surface area contributed by atoms with Crippen LogP contribution in [0, 0.1) is 11.8 Å². The third-order valence-electron chi connectivity index (χ3n) is 7.54. The minimum atomic E-state index is -0.686. The summed E-state index contributed by atoms with van der Waals surface area (Å²) < 4.78 is 6.88. The van der Waals surface area contributed by atoms with Gasteiger partial charge in [0.1, 0.15) is 11.5 Å². The lowest BCUT2D eigenvalue weighted by Crippen LogP contribution is -2.73. The van der Waals surface area contributed by atoms with Gasteiger partial charge in [0.2, 0.25) is 0 Å². The Morgan fingerprint density at radius 3 is 2.33 bits per heavy atom. The topological polar surface area (TPSA) is 53.5 Å². The van der Waals surface area contributed by atoms with Gasteiger partial charge in [0.15, 0.2) is 10.8 Å². The summed E-state index contributed by atoms with van der Waals surface area (Å²) in [5.41, 5.74) is 2.75. The molecule has 2 aliphatic heterocycles. The second-order valence-electron chi connectivity index (χ2n) is 9.26. The van der Waals surface area contributed by atoms with Crippen molar-refractivity contribution in [1.82, 2.24) is 10.6 Å². The number of rotatable bonds is 2. The predicted octanol–water partition coefficient (Wildman–Crippen LogP) is 5.90. The number of ether oxygens (including phenoxy) is 1. The van der Waals surface area contributed by atoms with Crippen molar-refractivity contribution < 1.29 is 9.84 Å². The fourth-order valence-electron chi connectivity index (χ4n) is 6.24. The van der Waals surface area contributed by atoms with E-state index in [1.54, 1.807) is 6.07 Å². The standard InChI is InChI=1S/C27H25ClN2O2S/c28-21-14-18-23(15-22(21)31)32-27-19(24(18)16-8-3-1-4-9-16)12-7-13-20(27)25(29-26(33)30-27)17-10-5-2-6-11-17/h1-6,8-11,14-15,19-20,24-25,31H,7,12-13H2,(H2,29,30,33)/t19-,20+,24-,25-,27+/m0/s1. The Hall–Kier alpha value is -2.76. The number of hydrogen-bond donors (Lipinski definition) is 3. The molecule has 1 spiro atoms. The molecule has 6 heteroatoms. The van der Waals surface area contributed by atoms with Crippen molar-refractivity contribution in [2.45, 2.75) is 36.9 Å². The molecule has 1 saturated carbocycles. The van der Waals surface area contributed by atoms with Gasteiger partial charge in [0.05, 0.1) is 11.1 Å². The highest BCUT2D eigenvalue weighted by Gasteiger charge is 2.60. The second kappa shape index (κ2) is 7.93. The first kappa shape index (κ1) is 20.8. The maximum Gasteiger partial charge on any atom is 0.191 e. The maximum absolute atomic E-state index is 10.4. The summed E-state index contributed by atoms with van der Waals surface area (Å²) in [4.78, 5) is 0. The minimum Gasteiger partial charge on any atom is -0.506 e. The Bertz CT molecular complexity index is 1210. The van der Waals surface area contributed by atoms with Crippen LogP contribution in [0.3, 0.4) is 0 Å². The molecular weight excluding hydrogens is 452 g/mol. The molecule has 0 radical (unpaired) electrons. The smallest absolute Gasteiger partial charge is 0.191 e. The highest BCUT2D eigenvalue weighted by molar-refractivity contribution is 7.80. The molecule has 3 N–H and O–H groups in total. The maximum atomic E-state index is 10.4. The van der Waals surface area contributed by atoms with Crippen LogP contribution in [-0.2, 0) is 0 Å². The highest BCUT2D eigenvalue weighted by Crippen LogP contribution is 2.58. The molecule has 1 aliphatic carbocycles. The third-order valence-corrected chi connectivity index (χ3v) is 8.07. The molecule has 0 bridgehead atoms. The lowest BCUT2D eigenvalue weighted by molar-refractivity contribution is -0.120. The Labute approximate surface area is 203 Å². The Kier molecular flexibility index (Phi) is 5.00. The molecule has 0 aromatic heterocycles. The lowest BCUT2D eigenvalue weighted by Gasteiger charge is -2.59. The predicted molar refractivity (Wildman–Crippen MR) is 134 cm³/mol. The van der Waals surface area contributed by atoms with Gasteiger partial charge in [0, 0.05) is 29.4 Å². The van der Waals surface area contributed by atoms with Crippen molar-refractivity contribution >= 4 is 28.9 Å². The quantitative estimate of drug-likeness (QED) is 0.402. The minimum absolute atomic E-state index is 0.0283. The van der Waals surface area contributed by atoms with Gasteiger partial charge in [-0.25, -0.2) is 0 Å². The number of aromatic hydroxyl groups is 1. The van der Waals surface area contributed by atoms with Crippen LogP contribution in [0.4, 0.5) is 0 Å². The van der Waals surface area contributed by atoms with Crippen LogP contribution in [0.25, 0.3) is 0 Å². The molecular formula is C27H25ClN2O2S. The Morgan fingerprint density at radius 1 is 0.939 bits per heavy atom. The summed E-state index contributed by atoms with van der Waals surface area (Å²) in [5.74, 6) is 1.07. The van der Waals surface area contributed by atoms with E-state index < -0.39 is 5.72 Å². The summed E-state index contributed by atoms with van der Waals surface area (Å²) in [6.07, 6.45) is 3.12. The van der Waals surface area contributed by atoms with Crippen molar-refractivity contribution in [3.05, 3.63) is 94.5 Å². The number of phenolic OH excluding ortho intramolecular Hbond substituents is 1. The van der Waals surface area contributed by atoms with E-state index in [2.05, 4.69) is 59.2 Å². The molecule has 3 aromatic carbocycles. The molecule has 33 heavy (non-hydrogen) atoms. The molecule has 0 amide bonds. The average Bonchev–Trinajstić information content (AvgIpc) is 2.83. The largest absolute Gasteiger partial charge is 0.506 e. The van der Waals surface area contributed by atoms with Gasteiger partial charge >= 0.3 is 0 Å². The van der Waals surface area contributed by atoms with Crippen LogP contribution in [0.15, 0.2) is 72.8 Å². The number of benzene rings is 3. The van der Waals surface area contributed by atoms with Gasteiger partial charge in [-0.2, -0.15) is 0 Å². The van der Waals surface area contributed by atoms with Gasteiger partial charge in [0.25, 0.3) is 0 Å². The lowest BCUT2D eigenvalue weighted by atomic mass is 9.60. The van der Waals surface area contributed by atoms with Crippen LogP contribution < -0.4 is 15.4 Å². The Morgan fingerprint density at radius 2 is 1.61 bits per heavy atom. The van der Waals surface area contributed by atoms with E-state index in [9.17, 15) is 5.11 Å². The molecule has 3 aromatic rings. The van der Waals surface area contributed by atoms with Crippen LogP contribution in [0.1, 0.15) is 47.9 Å². The van der Waals surface area contributed by atoms with E-state index in [-0.39, 0.29) is 29.5 Å². The molecule has 6 rings (SSSR count). The van der Waals surface area contributed by atoms with E-state index in [0.717, 1.165) is 24.8 Å². The molecule has 2 fully saturated rings. The monoisotopic (exact) mass is 476 g/mol. The van der Waals surface area contributed by atoms with E-state index in [1.807, 2.05) is 18.2 Å². The number of fused-ring (bicyclic) bond motifs is 1. The molecule has 5 atom stereocenters. The summed E-state index contributed by atoms with van der Waals surface area (Å²) in [7, 11) is 0. The fourth-order valence-corrected chi connectivity index (χ4v) is 6.70. The van der Waals surface area contributed by atoms with E-state index >= 15 is 0 Å². The van der Waals surface area contributed by atoms with E-state index in [1.165, 1.54) is 11.1 Å². The first-order chi connectivity index (χ1) is 16.1. The zero-order valence-electron chi connectivity index (χ0n) is 18.0. The SMILES string of the molecule is Oc1cc2c(cc1Cl)[C@H](c1ccccc1)[C@@H]1CCC[C@@H]3[C@H](c4ccccc4)NC(=S)N[C@]31O2. The van der Waals surface area contributed by atoms with E-state index in [0.29, 0.717) is 15.9 Å². The average molecular weight is 477 g/mol. The first-order valence-corrected chi connectivity index (χ1v) is 12.3. The fraction of sp³-hybridized carbons (Fsp3) is 0.296. The van der Waals surface area contributed by atoms with Crippen LogP contribution in [0.5, 0.6) is 11.5 Å². The van der Waals surface area contributed by atoms with Crippen LogP contribution in [-0.4, -0.2) is 15.9 Å². The zero-order chi connectivity index (χ0) is 22.6. The zero-order valence-corrected chi connectivity index (χ0v) is 19.6. The van der Waals surface area contributed by atoms with Crippen molar-refractivity contribution in [3.63, 3.8) is 0 Å². The van der Waals surface area contributed by atoms with Crippen molar-refractivity contribution in [3.8, 4) is 11.5 Å². The summed E-state index contributed by atoms with van der Waals surface area (Å²) in [6.45, 7) is 0. The Balaban J connectivity index is 1.55. The molecule has 168 valence electrons. The summed E-state index contributed by atoms with van der Waals surface area (Å²) in [5, 5.41) is 18.5. The first-order valence-electron chi connectivity index (χ1n) is 11.5. The normalized spacial score (nSPS) is 30.0. The number of halogens is 1.